The number of carboxylic acid groups (broad SMARTS) is 3. The van der Waals surface area contributed by atoms with Gasteiger partial charge in [-0.15, -0.1) is 0 Å². The first-order valence-corrected chi connectivity index (χ1v) is 12.2. The zero-order valence-electron chi connectivity index (χ0n) is 24.3. The average Bonchev–Trinajstić information content (AvgIpc) is 2.96. The maximum absolute atomic E-state index is 11.2. The van der Waals surface area contributed by atoms with E-state index in [1.54, 1.807) is 0 Å². The predicted molar refractivity (Wildman–Crippen MR) is 141 cm³/mol. The van der Waals surface area contributed by atoms with Crippen molar-refractivity contribution in [3.63, 3.8) is 0 Å². The molecule has 0 radical (unpaired) electrons. The van der Waals surface area contributed by atoms with E-state index in [9.17, 15) is 58.5 Å². The second kappa shape index (κ2) is 19.4. The molecular weight excluding hydrogens is 666 g/mol. The molecule has 3 aromatic rings. The summed E-state index contributed by atoms with van der Waals surface area (Å²) >= 11 is 0. The van der Waals surface area contributed by atoms with Gasteiger partial charge in [0, 0.05) is 56.9 Å². The Hall–Kier alpha value is -5.89. The van der Waals surface area contributed by atoms with Gasteiger partial charge >= 0.3 is 35.8 Å². The molecule has 0 aliphatic rings. The van der Waals surface area contributed by atoms with Gasteiger partial charge in [-0.05, 0) is 18.2 Å². The average molecular weight is 687 g/mol. The molecular formula is C30H21O15Zn-3. The standard InChI is InChI=1S/3C10H8O5.Zn/c3*1-6(11)15-10(14)8-5-3-2-4-7(8)9(12)13;/h3*2-5H,1H3,(H,12,13);/p-3. The molecule has 0 atom stereocenters. The van der Waals surface area contributed by atoms with Crippen molar-refractivity contribution in [1.29, 1.82) is 0 Å². The van der Waals surface area contributed by atoms with E-state index < -0.39 is 53.7 Å². The zero-order valence-corrected chi connectivity index (χ0v) is 27.2. The molecule has 46 heavy (non-hydrogen) atoms. The zero-order chi connectivity index (χ0) is 34.3. The van der Waals surface area contributed by atoms with E-state index in [2.05, 4.69) is 14.2 Å². The Bertz CT molecular complexity index is 1470. The summed E-state index contributed by atoms with van der Waals surface area (Å²) in [6.45, 7) is 3.17. The Balaban J connectivity index is 0.000000653. The van der Waals surface area contributed by atoms with Crippen LogP contribution in [0.15, 0.2) is 72.8 Å². The van der Waals surface area contributed by atoms with Gasteiger partial charge in [0.1, 0.15) is 0 Å². The summed E-state index contributed by atoms with van der Waals surface area (Å²) in [5, 5.41) is 31.8. The summed E-state index contributed by atoms with van der Waals surface area (Å²) in [4.78, 5) is 97.1. The fourth-order valence-electron chi connectivity index (χ4n) is 3.07. The van der Waals surface area contributed by atoms with Crippen molar-refractivity contribution in [1.82, 2.24) is 0 Å². The van der Waals surface area contributed by atoms with Gasteiger partial charge in [0.05, 0.1) is 34.6 Å². The smallest absolute Gasteiger partial charge is 0.346 e. The van der Waals surface area contributed by atoms with Crippen LogP contribution < -0.4 is 15.3 Å². The van der Waals surface area contributed by atoms with Crippen LogP contribution >= 0.6 is 0 Å². The summed E-state index contributed by atoms with van der Waals surface area (Å²) in [6, 6.07) is 16.0. The normalized spacial score (nSPS) is 9.20. The van der Waals surface area contributed by atoms with Crippen LogP contribution in [0.5, 0.6) is 0 Å². The number of carboxylic acids is 3. The third-order valence-corrected chi connectivity index (χ3v) is 4.81. The summed E-state index contributed by atoms with van der Waals surface area (Å²) in [5.74, 6) is -9.87. The molecule has 0 aliphatic carbocycles. The van der Waals surface area contributed by atoms with Crippen LogP contribution in [0.2, 0.25) is 0 Å². The quantitative estimate of drug-likeness (QED) is 0.134. The number of rotatable bonds is 6. The molecule has 0 bridgehead atoms. The van der Waals surface area contributed by atoms with Gasteiger partial charge < -0.3 is 43.9 Å². The number of benzene rings is 3. The van der Waals surface area contributed by atoms with Crippen molar-refractivity contribution >= 4 is 53.7 Å². The maximum atomic E-state index is 11.2. The Morgan fingerprint density at radius 1 is 0.391 bits per heavy atom. The van der Waals surface area contributed by atoms with Gasteiger partial charge in [-0.3, -0.25) is 14.4 Å². The van der Waals surface area contributed by atoms with E-state index >= 15 is 0 Å². The van der Waals surface area contributed by atoms with E-state index in [0.29, 0.717) is 0 Å². The minimum Gasteiger partial charge on any atom is -0.545 e. The minimum atomic E-state index is -1.49. The topological polar surface area (TPSA) is 250 Å². The SMILES string of the molecule is CC(=O)OC(=O)c1ccccc1C(=O)[O-].CC(=O)OC(=O)c1ccccc1C(=O)[O-].CC(=O)OC(=O)c1ccccc1C(=O)[O-].[Zn]. The molecule has 0 aromatic heterocycles. The Kier molecular flexibility index (Phi) is 16.9. The van der Waals surface area contributed by atoms with E-state index in [0.717, 1.165) is 20.8 Å². The van der Waals surface area contributed by atoms with E-state index in [-0.39, 0.29) is 52.9 Å². The van der Waals surface area contributed by atoms with Crippen molar-refractivity contribution in [2.75, 3.05) is 0 Å². The van der Waals surface area contributed by atoms with Crippen LogP contribution in [-0.2, 0) is 48.1 Å². The maximum Gasteiger partial charge on any atom is 0.346 e. The van der Waals surface area contributed by atoms with Crippen molar-refractivity contribution in [3.8, 4) is 0 Å². The van der Waals surface area contributed by atoms with Crippen molar-refractivity contribution in [2.45, 2.75) is 20.8 Å². The number of hydrogen-bond donors (Lipinski definition) is 0. The monoisotopic (exact) mass is 685 g/mol. The van der Waals surface area contributed by atoms with Gasteiger partial charge in [-0.2, -0.15) is 0 Å². The fraction of sp³-hybridized carbons (Fsp3) is 0.100. The first-order chi connectivity index (χ1) is 21.1. The van der Waals surface area contributed by atoms with Crippen LogP contribution in [0.1, 0.15) is 82.9 Å². The van der Waals surface area contributed by atoms with Gasteiger partial charge in [-0.25, -0.2) is 14.4 Å². The molecule has 0 N–H and O–H groups in total. The Morgan fingerprint density at radius 3 is 0.717 bits per heavy atom. The van der Waals surface area contributed by atoms with Gasteiger partial charge in [-0.1, -0.05) is 54.6 Å². The molecule has 0 unspecified atom stereocenters. The number of carbonyl (C=O) groups excluding carboxylic acids is 9. The van der Waals surface area contributed by atoms with Crippen molar-refractivity contribution in [3.05, 3.63) is 106 Å². The molecule has 3 aromatic carbocycles. The third kappa shape index (κ3) is 13.2. The molecule has 0 aliphatic heterocycles. The number of carbonyl (C=O) groups is 9. The van der Waals surface area contributed by atoms with E-state index in [1.165, 1.54) is 72.8 Å². The summed E-state index contributed by atoms with van der Waals surface area (Å²) < 4.78 is 12.8. The second-order valence-electron chi connectivity index (χ2n) is 8.14. The second-order valence-corrected chi connectivity index (χ2v) is 8.14. The van der Waals surface area contributed by atoms with Gasteiger partial charge in [0.25, 0.3) is 0 Å². The van der Waals surface area contributed by atoms with Crippen LogP contribution in [0.4, 0.5) is 0 Å². The third-order valence-electron chi connectivity index (χ3n) is 4.81. The fourth-order valence-corrected chi connectivity index (χ4v) is 3.07. The largest absolute Gasteiger partial charge is 0.545 e. The molecule has 0 saturated carbocycles. The Morgan fingerprint density at radius 2 is 0.565 bits per heavy atom. The molecule has 0 amide bonds. The van der Waals surface area contributed by atoms with Crippen LogP contribution in [0.25, 0.3) is 0 Å². The molecule has 0 fully saturated rings. The number of hydrogen-bond acceptors (Lipinski definition) is 15. The molecule has 15 nitrogen and oxygen atoms in total. The molecule has 3 rings (SSSR count). The first-order valence-electron chi connectivity index (χ1n) is 12.2. The predicted octanol–water partition coefficient (Wildman–Crippen LogP) is -0.742. The van der Waals surface area contributed by atoms with Gasteiger partial charge in [0.15, 0.2) is 0 Å². The summed E-state index contributed by atoms with van der Waals surface area (Å²) in [6.07, 6.45) is 0. The van der Waals surface area contributed by atoms with E-state index in [4.69, 9.17) is 0 Å². The summed E-state index contributed by atoms with van der Waals surface area (Å²) in [5.41, 5.74) is -1.51. The molecule has 0 saturated heterocycles. The number of ether oxygens (including phenoxy) is 3. The minimum absolute atomic E-state index is 0. The van der Waals surface area contributed by atoms with E-state index in [1.807, 2.05) is 0 Å². The number of aromatic carboxylic acids is 3. The van der Waals surface area contributed by atoms with Crippen molar-refractivity contribution in [2.24, 2.45) is 0 Å². The Labute approximate surface area is 272 Å². The molecule has 236 valence electrons. The van der Waals surface area contributed by atoms with Crippen molar-refractivity contribution < 1.29 is 92.2 Å². The molecule has 0 heterocycles. The number of esters is 6. The van der Waals surface area contributed by atoms with Crippen LogP contribution in [0, 0.1) is 0 Å². The first kappa shape index (κ1) is 40.1. The molecule has 0 spiro atoms. The van der Waals surface area contributed by atoms with Gasteiger partial charge in [0.2, 0.25) is 0 Å². The summed E-state index contributed by atoms with van der Waals surface area (Å²) in [7, 11) is 0. The molecule has 16 heteroatoms. The van der Waals surface area contributed by atoms with Crippen LogP contribution in [-0.4, -0.2) is 53.7 Å². The van der Waals surface area contributed by atoms with Crippen LogP contribution in [0.3, 0.4) is 0 Å².